The van der Waals surface area contributed by atoms with Crippen molar-refractivity contribution in [3.8, 4) is 5.75 Å². The molecule has 1 saturated heterocycles. The molecule has 1 fully saturated rings. The topological polar surface area (TPSA) is 93.9 Å². The quantitative estimate of drug-likeness (QED) is 0.535. The van der Waals surface area contributed by atoms with Gasteiger partial charge in [-0.3, -0.25) is 4.79 Å². The molecule has 0 bridgehead atoms. The van der Waals surface area contributed by atoms with Crippen LogP contribution in [-0.4, -0.2) is 31.7 Å². The number of amides is 2. The zero-order chi connectivity index (χ0) is 24.2. The molecule has 3 N–H and O–H groups in total. The maximum Gasteiger partial charge on any atom is 0.408 e. The van der Waals surface area contributed by atoms with Crippen LogP contribution in [0.1, 0.15) is 17.0 Å². The Labute approximate surface area is 195 Å². The number of anilines is 2. The second kappa shape index (κ2) is 9.78. The highest BCUT2D eigenvalue weighted by Crippen LogP contribution is 2.37. The molecule has 4 rings (SSSR count). The van der Waals surface area contributed by atoms with E-state index in [1.165, 1.54) is 12.0 Å². The van der Waals surface area contributed by atoms with Crippen molar-refractivity contribution in [2.75, 3.05) is 24.3 Å². The van der Waals surface area contributed by atoms with Crippen LogP contribution in [0.3, 0.4) is 0 Å². The summed E-state index contributed by atoms with van der Waals surface area (Å²) in [6.07, 6.45) is -0.885. The summed E-state index contributed by atoms with van der Waals surface area (Å²) >= 11 is 0. The van der Waals surface area contributed by atoms with E-state index in [4.69, 9.17) is 15.2 Å². The average molecular weight is 467 g/mol. The van der Waals surface area contributed by atoms with Crippen LogP contribution in [0.4, 0.5) is 25.0 Å². The zero-order valence-corrected chi connectivity index (χ0v) is 18.3. The highest BCUT2D eigenvalue weighted by atomic mass is 19.1. The number of carbonyl (C=O) groups excluding carboxylic acids is 2. The van der Waals surface area contributed by atoms with E-state index in [2.05, 4.69) is 5.32 Å². The first-order chi connectivity index (χ1) is 16.4. The molecule has 3 aromatic carbocycles. The van der Waals surface area contributed by atoms with Crippen molar-refractivity contribution < 1.29 is 27.8 Å². The first kappa shape index (κ1) is 23.0. The molecule has 176 valence electrons. The number of hydrogen-bond donors (Lipinski definition) is 2. The molecule has 0 aromatic heterocycles. The van der Waals surface area contributed by atoms with Crippen LogP contribution in [0, 0.1) is 11.6 Å². The van der Waals surface area contributed by atoms with Crippen LogP contribution in [-0.2, 0) is 16.1 Å². The number of para-hydroxylation sites is 2. The van der Waals surface area contributed by atoms with Gasteiger partial charge in [-0.1, -0.05) is 42.5 Å². The smallest absolute Gasteiger partial charge is 0.408 e. The molecule has 2 amide bonds. The summed E-state index contributed by atoms with van der Waals surface area (Å²) < 4.78 is 40.0. The molecule has 0 radical (unpaired) electrons. The molecular weight excluding hydrogens is 444 g/mol. The predicted octanol–water partition coefficient (Wildman–Crippen LogP) is 3.98. The maximum atomic E-state index is 14.9. The Morgan fingerprint density at radius 3 is 2.38 bits per heavy atom. The predicted molar refractivity (Wildman–Crippen MR) is 122 cm³/mol. The van der Waals surface area contributed by atoms with Gasteiger partial charge in [0, 0.05) is 30.2 Å². The van der Waals surface area contributed by atoms with Crippen molar-refractivity contribution >= 4 is 23.4 Å². The third-order valence-electron chi connectivity index (χ3n) is 5.69. The monoisotopic (exact) mass is 467 g/mol. The van der Waals surface area contributed by atoms with Crippen molar-refractivity contribution in [1.29, 1.82) is 0 Å². The number of nitrogen functional groups attached to an aromatic ring is 1. The van der Waals surface area contributed by atoms with Crippen molar-refractivity contribution in [2.45, 2.75) is 18.6 Å². The van der Waals surface area contributed by atoms with Gasteiger partial charge < -0.3 is 25.4 Å². The molecule has 3 aromatic rings. The maximum absolute atomic E-state index is 14.9. The summed E-state index contributed by atoms with van der Waals surface area (Å²) in [5.74, 6) is -3.38. The summed E-state index contributed by atoms with van der Waals surface area (Å²) in [6, 6.07) is 16.4. The highest BCUT2D eigenvalue weighted by Gasteiger charge is 2.45. The van der Waals surface area contributed by atoms with E-state index in [1.54, 1.807) is 48.5 Å². The van der Waals surface area contributed by atoms with Gasteiger partial charge in [0.1, 0.15) is 30.0 Å². The summed E-state index contributed by atoms with van der Waals surface area (Å²) in [5, 5.41) is 2.49. The molecule has 1 aliphatic heterocycles. The molecule has 0 aliphatic carbocycles. The van der Waals surface area contributed by atoms with Crippen LogP contribution < -0.4 is 20.7 Å². The number of rotatable bonds is 6. The normalized spacial score (nSPS) is 17.5. The lowest BCUT2D eigenvalue weighted by molar-refractivity contribution is -0.118. The van der Waals surface area contributed by atoms with E-state index < -0.39 is 35.6 Å². The van der Waals surface area contributed by atoms with Gasteiger partial charge in [0.2, 0.25) is 5.91 Å². The van der Waals surface area contributed by atoms with E-state index in [-0.39, 0.29) is 24.5 Å². The number of halogens is 2. The second-order valence-electron chi connectivity index (χ2n) is 7.80. The first-order valence-electron chi connectivity index (χ1n) is 10.5. The third kappa shape index (κ3) is 4.63. The van der Waals surface area contributed by atoms with Gasteiger partial charge in [0.15, 0.2) is 0 Å². The van der Waals surface area contributed by atoms with Gasteiger partial charge in [-0.2, -0.15) is 0 Å². The Hall–Kier alpha value is -4.14. The lowest BCUT2D eigenvalue weighted by Crippen LogP contribution is -2.44. The lowest BCUT2D eigenvalue weighted by Gasteiger charge is -2.20. The molecule has 0 saturated carbocycles. The van der Waals surface area contributed by atoms with Crippen LogP contribution in [0.5, 0.6) is 5.75 Å². The fourth-order valence-electron chi connectivity index (χ4n) is 4.03. The molecule has 34 heavy (non-hydrogen) atoms. The Bertz CT molecular complexity index is 1180. The van der Waals surface area contributed by atoms with Crippen molar-refractivity contribution in [2.24, 2.45) is 0 Å². The van der Waals surface area contributed by atoms with Crippen molar-refractivity contribution in [1.82, 2.24) is 5.32 Å². The number of carbonyl (C=O) groups is 2. The average Bonchev–Trinajstić information content (AvgIpc) is 3.13. The minimum absolute atomic E-state index is 0.000914. The van der Waals surface area contributed by atoms with Crippen LogP contribution in [0.25, 0.3) is 0 Å². The van der Waals surface area contributed by atoms with Crippen molar-refractivity contribution in [3.05, 3.63) is 89.5 Å². The van der Waals surface area contributed by atoms with Gasteiger partial charge in [-0.25, -0.2) is 13.6 Å². The molecule has 2 atom stereocenters. The van der Waals surface area contributed by atoms with E-state index in [0.29, 0.717) is 11.4 Å². The minimum atomic E-state index is -1.28. The van der Waals surface area contributed by atoms with E-state index in [9.17, 15) is 18.4 Å². The standard InChI is InChI=1S/C25H23F2N3O4/c1-33-16-11-18(26)22(19(27)12-16)17-13-30(21-10-6-5-9-20(21)28)24(31)23(17)29-25(32)34-14-15-7-3-2-4-8-15/h2-12,17,23H,13-14,28H2,1H3,(H,29,32)/t17-,23-/m0/s1. The van der Waals surface area contributed by atoms with E-state index >= 15 is 0 Å². The van der Waals surface area contributed by atoms with E-state index in [0.717, 1.165) is 17.7 Å². The largest absolute Gasteiger partial charge is 0.497 e. The zero-order valence-electron chi connectivity index (χ0n) is 18.3. The highest BCUT2D eigenvalue weighted by molar-refractivity contribution is 6.04. The van der Waals surface area contributed by atoms with Crippen LogP contribution in [0.15, 0.2) is 66.7 Å². The Morgan fingerprint density at radius 1 is 1.09 bits per heavy atom. The second-order valence-corrected chi connectivity index (χ2v) is 7.80. The van der Waals surface area contributed by atoms with Gasteiger partial charge in [-0.15, -0.1) is 0 Å². The van der Waals surface area contributed by atoms with Gasteiger partial charge in [-0.05, 0) is 17.7 Å². The lowest BCUT2D eigenvalue weighted by atomic mass is 9.93. The molecule has 0 unspecified atom stereocenters. The SMILES string of the molecule is COc1cc(F)c([C@@H]2CN(c3ccccc3N)C(=O)[C@H]2NC(=O)OCc2ccccc2)c(F)c1. The fraction of sp³-hybridized carbons (Fsp3) is 0.200. The summed E-state index contributed by atoms with van der Waals surface area (Å²) in [7, 11) is 1.29. The summed E-state index contributed by atoms with van der Waals surface area (Å²) in [5.41, 5.74) is 7.15. The Kier molecular flexibility index (Phi) is 6.62. The molecule has 1 aliphatic rings. The fourth-order valence-corrected chi connectivity index (χ4v) is 4.03. The summed E-state index contributed by atoms with van der Waals surface area (Å²) in [4.78, 5) is 27.2. The minimum Gasteiger partial charge on any atom is -0.497 e. The molecular formula is C25H23F2N3O4. The number of nitrogens with zero attached hydrogens (tertiary/aromatic N) is 1. The summed E-state index contributed by atoms with van der Waals surface area (Å²) in [6.45, 7) is -0.129. The van der Waals surface area contributed by atoms with Crippen LogP contribution in [0.2, 0.25) is 0 Å². The van der Waals surface area contributed by atoms with Gasteiger partial charge >= 0.3 is 6.09 Å². The number of nitrogens with two attached hydrogens (primary N) is 1. The Balaban J connectivity index is 1.64. The number of hydrogen-bond acceptors (Lipinski definition) is 5. The third-order valence-corrected chi connectivity index (χ3v) is 5.69. The number of nitrogens with one attached hydrogen (secondary N) is 1. The number of alkyl carbamates (subject to hydrolysis) is 1. The number of methoxy groups -OCH3 is 1. The Morgan fingerprint density at radius 2 is 1.74 bits per heavy atom. The molecule has 9 heteroatoms. The van der Waals surface area contributed by atoms with Gasteiger partial charge in [0.05, 0.1) is 18.5 Å². The van der Waals surface area contributed by atoms with E-state index in [1.807, 2.05) is 6.07 Å². The molecule has 0 spiro atoms. The van der Waals surface area contributed by atoms with Gasteiger partial charge in [0.25, 0.3) is 0 Å². The van der Waals surface area contributed by atoms with Crippen LogP contribution >= 0.6 is 0 Å². The molecule has 1 heterocycles. The first-order valence-corrected chi connectivity index (χ1v) is 10.5. The molecule has 7 nitrogen and oxygen atoms in total. The number of benzene rings is 3. The number of ether oxygens (including phenoxy) is 2. The van der Waals surface area contributed by atoms with Crippen molar-refractivity contribution in [3.63, 3.8) is 0 Å².